The fourth-order valence-corrected chi connectivity index (χ4v) is 3.36. The minimum absolute atomic E-state index is 0.0988. The fourth-order valence-electron chi connectivity index (χ4n) is 3.36. The first-order valence-electron chi connectivity index (χ1n) is 8.58. The standard InChI is InChI=1S/C16H18F2N6O2/c17-16(18)5-3-9(4-6-16)21-15(26)10-7-20-22-14-11(13(19)25)12(8-1-2-8)23-24(10)14/h7-9H,1-6H2,(H2,19,25)(H,21,26). The number of nitrogens with one attached hydrogen (secondary N) is 1. The topological polar surface area (TPSA) is 115 Å². The molecule has 2 saturated carbocycles. The van der Waals surface area contributed by atoms with Crippen molar-refractivity contribution in [2.24, 2.45) is 5.73 Å². The zero-order valence-corrected chi connectivity index (χ0v) is 13.9. The number of nitrogens with zero attached hydrogens (tertiary/aromatic N) is 4. The van der Waals surface area contributed by atoms with Crippen LogP contribution in [0.15, 0.2) is 6.20 Å². The van der Waals surface area contributed by atoms with Crippen molar-refractivity contribution >= 4 is 17.5 Å². The number of carbonyl (C=O) groups excluding carboxylic acids is 2. The number of hydrogen-bond donors (Lipinski definition) is 2. The molecule has 2 heterocycles. The highest BCUT2D eigenvalue weighted by molar-refractivity contribution is 6.01. The number of fused-ring (bicyclic) bond motifs is 1. The summed E-state index contributed by atoms with van der Waals surface area (Å²) in [6, 6.07) is -0.334. The average Bonchev–Trinajstić information content (AvgIpc) is 3.35. The first-order valence-corrected chi connectivity index (χ1v) is 8.58. The first-order chi connectivity index (χ1) is 12.4. The van der Waals surface area contributed by atoms with Gasteiger partial charge in [0.15, 0.2) is 11.3 Å². The third kappa shape index (κ3) is 2.99. The molecule has 138 valence electrons. The van der Waals surface area contributed by atoms with Gasteiger partial charge in [-0.1, -0.05) is 0 Å². The Balaban J connectivity index is 1.63. The van der Waals surface area contributed by atoms with Crippen molar-refractivity contribution in [1.29, 1.82) is 0 Å². The van der Waals surface area contributed by atoms with Crippen LogP contribution in [0.25, 0.3) is 5.65 Å². The Bertz CT molecular complexity index is 882. The van der Waals surface area contributed by atoms with E-state index in [-0.39, 0.29) is 54.5 Å². The lowest BCUT2D eigenvalue weighted by Crippen LogP contribution is -2.41. The molecule has 2 aliphatic carbocycles. The molecule has 0 bridgehead atoms. The number of amides is 2. The van der Waals surface area contributed by atoms with E-state index in [1.54, 1.807) is 0 Å². The molecule has 0 unspecified atom stereocenters. The summed E-state index contributed by atoms with van der Waals surface area (Å²) in [5.74, 6) is -3.68. The molecule has 3 N–H and O–H groups in total. The molecule has 26 heavy (non-hydrogen) atoms. The first kappa shape index (κ1) is 16.8. The summed E-state index contributed by atoms with van der Waals surface area (Å²) in [7, 11) is 0. The van der Waals surface area contributed by atoms with Crippen molar-refractivity contribution in [1.82, 2.24) is 25.1 Å². The molecule has 0 atom stereocenters. The number of hydrogen-bond acceptors (Lipinski definition) is 5. The molecule has 0 radical (unpaired) electrons. The predicted molar refractivity (Wildman–Crippen MR) is 85.9 cm³/mol. The highest BCUT2D eigenvalue weighted by Gasteiger charge is 2.36. The van der Waals surface area contributed by atoms with E-state index in [1.807, 2.05) is 0 Å². The van der Waals surface area contributed by atoms with Crippen molar-refractivity contribution in [3.63, 3.8) is 0 Å². The van der Waals surface area contributed by atoms with Gasteiger partial charge in [0, 0.05) is 24.8 Å². The van der Waals surface area contributed by atoms with Crippen LogP contribution in [-0.2, 0) is 0 Å². The van der Waals surface area contributed by atoms with E-state index in [0.29, 0.717) is 5.69 Å². The molecular weight excluding hydrogens is 346 g/mol. The zero-order valence-electron chi connectivity index (χ0n) is 13.9. The van der Waals surface area contributed by atoms with E-state index in [4.69, 9.17) is 5.73 Å². The maximum absolute atomic E-state index is 13.3. The third-order valence-electron chi connectivity index (χ3n) is 4.94. The van der Waals surface area contributed by atoms with Gasteiger partial charge in [-0.05, 0) is 25.7 Å². The van der Waals surface area contributed by atoms with Crippen LogP contribution < -0.4 is 11.1 Å². The van der Waals surface area contributed by atoms with Gasteiger partial charge in [-0.15, -0.1) is 5.10 Å². The molecule has 0 saturated heterocycles. The molecule has 0 aromatic carbocycles. The molecule has 2 aromatic rings. The van der Waals surface area contributed by atoms with Crippen LogP contribution in [0.4, 0.5) is 8.78 Å². The van der Waals surface area contributed by atoms with E-state index >= 15 is 0 Å². The number of halogens is 2. The molecule has 2 aliphatic rings. The minimum atomic E-state index is -2.66. The van der Waals surface area contributed by atoms with E-state index in [0.717, 1.165) is 12.8 Å². The van der Waals surface area contributed by atoms with Crippen molar-refractivity contribution < 1.29 is 18.4 Å². The quantitative estimate of drug-likeness (QED) is 0.851. The number of rotatable bonds is 4. The van der Waals surface area contributed by atoms with E-state index in [2.05, 4.69) is 20.6 Å². The van der Waals surface area contributed by atoms with Crippen molar-refractivity contribution in [3.8, 4) is 0 Å². The van der Waals surface area contributed by atoms with Gasteiger partial charge < -0.3 is 11.1 Å². The van der Waals surface area contributed by atoms with Gasteiger partial charge in [0.1, 0.15) is 5.56 Å². The molecule has 10 heteroatoms. The number of primary amides is 1. The summed E-state index contributed by atoms with van der Waals surface area (Å²) in [6.07, 6.45) is 2.96. The van der Waals surface area contributed by atoms with Gasteiger partial charge in [0.25, 0.3) is 11.8 Å². The Labute approximate surface area is 147 Å². The van der Waals surface area contributed by atoms with Crippen LogP contribution in [0.5, 0.6) is 0 Å². The summed E-state index contributed by atoms with van der Waals surface area (Å²) in [5.41, 5.74) is 6.42. The lowest BCUT2D eigenvalue weighted by Gasteiger charge is -2.28. The second-order valence-electron chi connectivity index (χ2n) is 6.97. The predicted octanol–water partition coefficient (Wildman–Crippen LogP) is 1.41. The van der Waals surface area contributed by atoms with Crippen LogP contribution in [-0.4, -0.2) is 43.6 Å². The summed E-state index contributed by atoms with van der Waals surface area (Å²) in [6.45, 7) is 0. The second kappa shape index (κ2) is 5.96. The Morgan fingerprint density at radius 1 is 1.23 bits per heavy atom. The highest BCUT2D eigenvalue weighted by atomic mass is 19.3. The molecule has 0 aliphatic heterocycles. The average molecular weight is 364 g/mol. The summed E-state index contributed by atoms with van der Waals surface area (Å²) < 4.78 is 27.8. The normalized spacial score (nSPS) is 20.2. The maximum Gasteiger partial charge on any atom is 0.271 e. The largest absolute Gasteiger partial charge is 0.365 e. The molecule has 8 nitrogen and oxygen atoms in total. The fraction of sp³-hybridized carbons (Fsp3) is 0.562. The van der Waals surface area contributed by atoms with Gasteiger partial charge in [0.2, 0.25) is 5.92 Å². The summed E-state index contributed by atoms with van der Waals surface area (Å²) in [5, 5.41) is 14.8. The van der Waals surface area contributed by atoms with Gasteiger partial charge in [-0.2, -0.15) is 10.2 Å². The molecule has 2 aromatic heterocycles. The van der Waals surface area contributed by atoms with Crippen LogP contribution in [0.1, 0.15) is 71.0 Å². The van der Waals surface area contributed by atoms with Gasteiger partial charge >= 0.3 is 0 Å². The van der Waals surface area contributed by atoms with Crippen LogP contribution >= 0.6 is 0 Å². The van der Waals surface area contributed by atoms with Gasteiger partial charge in [0.05, 0.1) is 11.9 Å². The number of nitrogens with two attached hydrogens (primary N) is 1. The van der Waals surface area contributed by atoms with E-state index in [9.17, 15) is 18.4 Å². The van der Waals surface area contributed by atoms with Crippen LogP contribution in [0, 0.1) is 0 Å². The number of aromatic nitrogens is 4. The van der Waals surface area contributed by atoms with Crippen molar-refractivity contribution in [2.75, 3.05) is 0 Å². The highest BCUT2D eigenvalue weighted by Crippen LogP contribution is 2.41. The Morgan fingerprint density at radius 2 is 1.92 bits per heavy atom. The molecular formula is C16H18F2N6O2. The van der Waals surface area contributed by atoms with Gasteiger partial charge in [-0.25, -0.2) is 13.3 Å². The number of alkyl halides is 2. The van der Waals surface area contributed by atoms with E-state index < -0.39 is 17.7 Å². The third-order valence-corrected chi connectivity index (χ3v) is 4.94. The Morgan fingerprint density at radius 3 is 2.54 bits per heavy atom. The Hall–Kier alpha value is -2.65. The van der Waals surface area contributed by atoms with E-state index in [1.165, 1.54) is 10.7 Å². The SMILES string of the molecule is NC(=O)c1c(C2CC2)nn2c(C(=O)NC3CCC(F)(F)CC3)cnnc12. The lowest BCUT2D eigenvalue weighted by atomic mass is 9.92. The molecule has 0 spiro atoms. The summed E-state index contributed by atoms with van der Waals surface area (Å²) in [4.78, 5) is 24.4. The minimum Gasteiger partial charge on any atom is -0.365 e. The second-order valence-corrected chi connectivity index (χ2v) is 6.97. The van der Waals surface area contributed by atoms with Crippen LogP contribution in [0.2, 0.25) is 0 Å². The van der Waals surface area contributed by atoms with Crippen molar-refractivity contribution in [2.45, 2.75) is 56.4 Å². The Kier molecular flexibility index (Phi) is 3.85. The smallest absolute Gasteiger partial charge is 0.271 e. The molecule has 4 rings (SSSR count). The lowest BCUT2D eigenvalue weighted by molar-refractivity contribution is -0.0399. The monoisotopic (exact) mass is 364 g/mol. The number of carbonyl (C=O) groups is 2. The maximum atomic E-state index is 13.3. The van der Waals surface area contributed by atoms with Gasteiger partial charge in [-0.3, -0.25) is 9.59 Å². The molecule has 2 fully saturated rings. The summed E-state index contributed by atoms with van der Waals surface area (Å²) >= 11 is 0. The van der Waals surface area contributed by atoms with Crippen molar-refractivity contribution in [3.05, 3.63) is 23.1 Å². The zero-order chi connectivity index (χ0) is 18.5. The van der Waals surface area contributed by atoms with Crippen LogP contribution in [0.3, 0.4) is 0 Å². The molecule has 2 amide bonds.